The SMILES string of the molecule is COc1ccc2[nH]c3c(c2n1)CCC(C[N+](=O)[O-])C3. The van der Waals surface area contributed by atoms with E-state index in [4.69, 9.17) is 4.74 Å². The lowest BCUT2D eigenvalue weighted by Crippen LogP contribution is -2.21. The molecule has 0 radical (unpaired) electrons. The summed E-state index contributed by atoms with van der Waals surface area (Å²) in [6.07, 6.45) is 2.42. The molecular weight excluding hydrogens is 246 g/mol. The third-order valence-corrected chi connectivity index (χ3v) is 3.72. The van der Waals surface area contributed by atoms with E-state index in [9.17, 15) is 10.1 Å². The number of methoxy groups -OCH3 is 1. The van der Waals surface area contributed by atoms with Crippen LogP contribution in [-0.2, 0) is 12.8 Å². The van der Waals surface area contributed by atoms with Gasteiger partial charge in [-0.15, -0.1) is 0 Å². The van der Waals surface area contributed by atoms with Gasteiger partial charge in [-0.3, -0.25) is 10.1 Å². The first-order valence-corrected chi connectivity index (χ1v) is 6.33. The predicted octanol–water partition coefficient (Wildman–Crippen LogP) is 1.95. The summed E-state index contributed by atoms with van der Waals surface area (Å²) in [6.45, 7) is 0.0472. The zero-order valence-corrected chi connectivity index (χ0v) is 10.7. The van der Waals surface area contributed by atoms with E-state index >= 15 is 0 Å². The average molecular weight is 261 g/mol. The molecule has 0 aromatic carbocycles. The number of nitrogens with one attached hydrogen (secondary N) is 1. The van der Waals surface area contributed by atoms with Gasteiger partial charge in [-0.25, -0.2) is 4.98 Å². The zero-order chi connectivity index (χ0) is 13.4. The number of hydrogen-bond acceptors (Lipinski definition) is 4. The van der Waals surface area contributed by atoms with Gasteiger partial charge in [0.1, 0.15) is 0 Å². The number of fused-ring (bicyclic) bond motifs is 3. The van der Waals surface area contributed by atoms with Crippen LogP contribution in [0.2, 0.25) is 0 Å². The number of nitro groups is 1. The van der Waals surface area contributed by atoms with Crippen molar-refractivity contribution in [1.29, 1.82) is 0 Å². The van der Waals surface area contributed by atoms with Crippen LogP contribution >= 0.6 is 0 Å². The molecule has 0 fully saturated rings. The maximum atomic E-state index is 10.6. The second-order valence-corrected chi connectivity index (χ2v) is 4.96. The molecule has 0 saturated carbocycles. The van der Waals surface area contributed by atoms with E-state index in [2.05, 4.69) is 9.97 Å². The van der Waals surface area contributed by atoms with E-state index in [-0.39, 0.29) is 17.4 Å². The van der Waals surface area contributed by atoms with Crippen molar-refractivity contribution in [3.8, 4) is 5.88 Å². The molecular formula is C13H15N3O3. The van der Waals surface area contributed by atoms with Gasteiger partial charge in [0.25, 0.3) is 0 Å². The van der Waals surface area contributed by atoms with E-state index < -0.39 is 0 Å². The van der Waals surface area contributed by atoms with Gasteiger partial charge in [0.15, 0.2) is 0 Å². The lowest BCUT2D eigenvalue weighted by Gasteiger charge is -2.18. The van der Waals surface area contributed by atoms with E-state index in [0.717, 1.165) is 36.0 Å². The van der Waals surface area contributed by atoms with Crippen LogP contribution in [0.5, 0.6) is 5.88 Å². The van der Waals surface area contributed by atoms with Gasteiger partial charge in [0, 0.05) is 22.6 Å². The zero-order valence-electron chi connectivity index (χ0n) is 10.7. The van der Waals surface area contributed by atoms with Crippen LogP contribution in [0, 0.1) is 16.0 Å². The van der Waals surface area contributed by atoms with Crippen LogP contribution in [0.15, 0.2) is 12.1 Å². The summed E-state index contributed by atoms with van der Waals surface area (Å²) in [5.74, 6) is 0.721. The van der Waals surface area contributed by atoms with Crippen molar-refractivity contribution in [2.24, 2.45) is 5.92 Å². The van der Waals surface area contributed by atoms with Crippen molar-refractivity contribution in [3.05, 3.63) is 33.5 Å². The fourth-order valence-electron chi connectivity index (χ4n) is 2.82. The Labute approximate surface area is 109 Å². The molecule has 6 heteroatoms. The third kappa shape index (κ3) is 2.14. The number of pyridine rings is 1. The predicted molar refractivity (Wildman–Crippen MR) is 70.0 cm³/mol. The van der Waals surface area contributed by atoms with E-state index in [0.29, 0.717) is 5.88 Å². The molecule has 100 valence electrons. The largest absolute Gasteiger partial charge is 0.481 e. The van der Waals surface area contributed by atoms with Crippen molar-refractivity contribution in [3.63, 3.8) is 0 Å². The Hall–Kier alpha value is -2.11. The van der Waals surface area contributed by atoms with Crippen LogP contribution in [0.1, 0.15) is 17.7 Å². The lowest BCUT2D eigenvalue weighted by atomic mass is 9.88. The Morgan fingerprint density at radius 1 is 1.58 bits per heavy atom. The van der Waals surface area contributed by atoms with Gasteiger partial charge < -0.3 is 9.72 Å². The van der Waals surface area contributed by atoms with Crippen LogP contribution in [0.3, 0.4) is 0 Å². The van der Waals surface area contributed by atoms with Gasteiger partial charge in [-0.05, 0) is 30.9 Å². The van der Waals surface area contributed by atoms with Gasteiger partial charge in [-0.2, -0.15) is 0 Å². The minimum absolute atomic E-state index is 0.0472. The highest BCUT2D eigenvalue weighted by Gasteiger charge is 2.26. The van der Waals surface area contributed by atoms with Crippen LogP contribution in [-0.4, -0.2) is 28.5 Å². The van der Waals surface area contributed by atoms with E-state index in [1.807, 2.05) is 12.1 Å². The minimum Gasteiger partial charge on any atom is -0.481 e. The summed E-state index contributed by atoms with van der Waals surface area (Å²) in [6, 6.07) is 3.76. The maximum absolute atomic E-state index is 10.6. The Kier molecular flexibility index (Phi) is 2.85. The first kappa shape index (κ1) is 12.0. The molecule has 2 heterocycles. The van der Waals surface area contributed by atoms with Gasteiger partial charge in [0.2, 0.25) is 12.4 Å². The smallest absolute Gasteiger partial charge is 0.213 e. The monoisotopic (exact) mass is 261 g/mol. The number of aryl methyl sites for hydroxylation is 1. The Bertz CT molecular complexity index is 635. The van der Waals surface area contributed by atoms with Crippen LogP contribution in [0.4, 0.5) is 0 Å². The molecule has 1 N–H and O–H groups in total. The normalized spacial score (nSPS) is 18.3. The molecule has 2 aromatic heterocycles. The van der Waals surface area contributed by atoms with Crippen molar-refractivity contribution in [2.75, 3.05) is 13.7 Å². The molecule has 3 rings (SSSR count). The molecule has 0 aliphatic heterocycles. The molecule has 0 saturated heterocycles. The fourth-order valence-corrected chi connectivity index (χ4v) is 2.82. The standard InChI is InChI=1S/C13H15N3O3/c1-19-12-5-4-10-13(15-12)9-3-2-8(7-16(17)18)6-11(9)14-10/h4-5,8,14H,2-3,6-7H2,1H3. The Morgan fingerprint density at radius 3 is 3.16 bits per heavy atom. The van der Waals surface area contributed by atoms with Crippen molar-refractivity contribution in [2.45, 2.75) is 19.3 Å². The van der Waals surface area contributed by atoms with Gasteiger partial charge in [0.05, 0.1) is 18.1 Å². The topological polar surface area (TPSA) is 81.0 Å². The molecule has 0 amide bonds. The highest BCUT2D eigenvalue weighted by Crippen LogP contribution is 2.31. The molecule has 1 atom stereocenters. The molecule has 1 aliphatic carbocycles. The molecule has 1 aliphatic rings. The first-order chi connectivity index (χ1) is 9.17. The van der Waals surface area contributed by atoms with E-state index in [1.165, 1.54) is 5.56 Å². The van der Waals surface area contributed by atoms with Crippen LogP contribution in [0.25, 0.3) is 11.0 Å². The number of aromatic nitrogens is 2. The van der Waals surface area contributed by atoms with E-state index in [1.54, 1.807) is 7.11 Å². The van der Waals surface area contributed by atoms with Crippen molar-refractivity contribution in [1.82, 2.24) is 9.97 Å². The summed E-state index contributed by atoms with van der Waals surface area (Å²) in [5, 5.41) is 10.6. The Balaban J connectivity index is 1.96. The molecule has 6 nitrogen and oxygen atoms in total. The number of rotatable bonds is 3. The summed E-state index contributed by atoms with van der Waals surface area (Å²) in [5.41, 5.74) is 4.20. The first-order valence-electron chi connectivity index (χ1n) is 6.33. The maximum Gasteiger partial charge on any atom is 0.213 e. The number of H-pyrrole nitrogens is 1. The Morgan fingerprint density at radius 2 is 2.42 bits per heavy atom. The summed E-state index contributed by atoms with van der Waals surface area (Å²) in [4.78, 5) is 18.2. The number of nitrogens with zero attached hydrogens (tertiary/aromatic N) is 2. The summed E-state index contributed by atoms with van der Waals surface area (Å²) in [7, 11) is 1.60. The molecule has 19 heavy (non-hydrogen) atoms. The third-order valence-electron chi connectivity index (χ3n) is 3.72. The summed E-state index contributed by atoms with van der Waals surface area (Å²) < 4.78 is 5.14. The molecule has 1 unspecified atom stereocenters. The second kappa shape index (κ2) is 4.53. The number of aromatic amines is 1. The lowest BCUT2D eigenvalue weighted by molar-refractivity contribution is -0.488. The molecule has 0 spiro atoms. The number of ether oxygens (including phenoxy) is 1. The fraction of sp³-hybridized carbons (Fsp3) is 0.462. The van der Waals surface area contributed by atoms with Gasteiger partial charge >= 0.3 is 0 Å². The van der Waals surface area contributed by atoms with Crippen molar-refractivity contribution < 1.29 is 9.66 Å². The number of hydrogen-bond donors (Lipinski definition) is 1. The van der Waals surface area contributed by atoms with Crippen LogP contribution < -0.4 is 4.74 Å². The average Bonchev–Trinajstić information content (AvgIpc) is 2.74. The highest BCUT2D eigenvalue weighted by atomic mass is 16.6. The molecule has 2 aromatic rings. The van der Waals surface area contributed by atoms with Crippen molar-refractivity contribution >= 4 is 11.0 Å². The summed E-state index contributed by atoms with van der Waals surface area (Å²) >= 11 is 0. The van der Waals surface area contributed by atoms with Gasteiger partial charge in [-0.1, -0.05) is 0 Å². The quantitative estimate of drug-likeness (QED) is 0.676. The highest BCUT2D eigenvalue weighted by molar-refractivity contribution is 5.81. The second-order valence-electron chi connectivity index (χ2n) is 4.96. The minimum atomic E-state index is -0.223. The molecule has 0 bridgehead atoms.